The topological polar surface area (TPSA) is 65.2 Å². The van der Waals surface area contributed by atoms with Gasteiger partial charge in [0.1, 0.15) is 6.04 Å². The average molecular weight is 317 g/mol. The second-order valence-corrected chi connectivity index (χ2v) is 5.64. The molecule has 5 nitrogen and oxygen atoms in total. The van der Waals surface area contributed by atoms with Crippen molar-refractivity contribution in [2.45, 2.75) is 19.0 Å². The third-order valence-electron chi connectivity index (χ3n) is 3.67. The first-order valence-electron chi connectivity index (χ1n) is 7.03. The van der Waals surface area contributed by atoms with Gasteiger partial charge in [-0.05, 0) is 30.2 Å². The molecule has 1 aliphatic heterocycles. The predicted octanol–water partition coefficient (Wildman–Crippen LogP) is 2.31. The number of carbonyl (C=O) groups excluding carboxylic acids is 1. The number of benzene rings is 2. The summed E-state index contributed by atoms with van der Waals surface area (Å²) in [5.41, 5.74) is 11.5. The molecule has 22 heavy (non-hydrogen) atoms. The van der Waals surface area contributed by atoms with Crippen LogP contribution < -0.4 is 21.7 Å². The number of anilines is 1. The van der Waals surface area contributed by atoms with Crippen molar-refractivity contribution >= 4 is 23.2 Å². The fourth-order valence-electron chi connectivity index (χ4n) is 2.41. The van der Waals surface area contributed by atoms with Crippen LogP contribution >= 0.6 is 11.6 Å². The fourth-order valence-corrected chi connectivity index (χ4v) is 2.59. The molecular weight excluding hydrogens is 300 g/mol. The SMILES string of the molecule is Cc1ccc(NC(=O)C2NNNC2c2ccccc2)cc1Cl. The van der Waals surface area contributed by atoms with Crippen molar-refractivity contribution in [3.8, 4) is 0 Å². The zero-order chi connectivity index (χ0) is 15.5. The minimum absolute atomic E-state index is 0.133. The van der Waals surface area contributed by atoms with Crippen LogP contribution in [0.5, 0.6) is 0 Å². The van der Waals surface area contributed by atoms with Crippen LogP contribution in [0.4, 0.5) is 5.69 Å². The molecule has 1 aliphatic rings. The van der Waals surface area contributed by atoms with Crippen LogP contribution in [-0.2, 0) is 4.79 Å². The quantitative estimate of drug-likeness (QED) is 0.701. The molecule has 1 fully saturated rings. The molecule has 0 saturated carbocycles. The fraction of sp³-hybridized carbons (Fsp3) is 0.188. The molecule has 2 aromatic carbocycles. The largest absolute Gasteiger partial charge is 0.325 e. The number of hydrazine groups is 2. The summed E-state index contributed by atoms with van der Waals surface area (Å²) in [4.78, 5) is 12.5. The van der Waals surface area contributed by atoms with Crippen LogP contribution in [0.3, 0.4) is 0 Å². The summed E-state index contributed by atoms with van der Waals surface area (Å²) in [6.45, 7) is 1.92. The van der Waals surface area contributed by atoms with E-state index in [0.717, 1.165) is 11.1 Å². The van der Waals surface area contributed by atoms with Crippen molar-refractivity contribution in [3.05, 3.63) is 64.7 Å². The maximum absolute atomic E-state index is 12.5. The van der Waals surface area contributed by atoms with Crippen LogP contribution in [0.2, 0.25) is 5.02 Å². The highest BCUT2D eigenvalue weighted by Gasteiger charge is 2.33. The first-order chi connectivity index (χ1) is 10.6. The van der Waals surface area contributed by atoms with E-state index in [9.17, 15) is 4.79 Å². The number of rotatable bonds is 3. The Morgan fingerprint density at radius 1 is 1.14 bits per heavy atom. The molecule has 114 valence electrons. The lowest BCUT2D eigenvalue weighted by Gasteiger charge is -2.18. The van der Waals surface area contributed by atoms with Gasteiger partial charge < -0.3 is 5.32 Å². The molecule has 2 aromatic rings. The van der Waals surface area contributed by atoms with Gasteiger partial charge in [0.2, 0.25) is 5.91 Å². The molecule has 2 unspecified atom stereocenters. The first-order valence-corrected chi connectivity index (χ1v) is 7.41. The molecule has 0 radical (unpaired) electrons. The molecule has 0 aromatic heterocycles. The van der Waals surface area contributed by atoms with E-state index in [4.69, 9.17) is 11.6 Å². The molecule has 3 rings (SSSR count). The van der Waals surface area contributed by atoms with Crippen LogP contribution in [0, 0.1) is 6.92 Å². The summed E-state index contributed by atoms with van der Waals surface area (Å²) in [6, 6.07) is 14.7. The van der Waals surface area contributed by atoms with Gasteiger partial charge in [-0.1, -0.05) is 48.0 Å². The minimum atomic E-state index is -0.428. The average Bonchev–Trinajstić information content (AvgIpc) is 3.01. The highest BCUT2D eigenvalue weighted by atomic mass is 35.5. The molecule has 6 heteroatoms. The van der Waals surface area contributed by atoms with E-state index in [1.165, 1.54) is 0 Å². The third-order valence-corrected chi connectivity index (χ3v) is 4.08. The van der Waals surface area contributed by atoms with E-state index in [1.54, 1.807) is 6.07 Å². The maximum atomic E-state index is 12.5. The van der Waals surface area contributed by atoms with Gasteiger partial charge in [0.25, 0.3) is 0 Å². The molecule has 0 aliphatic carbocycles. The van der Waals surface area contributed by atoms with Gasteiger partial charge >= 0.3 is 0 Å². The van der Waals surface area contributed by atoms with Crippen molar-refractivity contribution < 1.29 is 4.79 Å². The molecule has 1 heterocycles. The summed E-state index contributed by atoms with van der Waals surface area (Å²) in [6.07, 6.45) is 0. The van der Waals surface area contributed by atoms with Crippen molar-refractivity contribution in [1.82, 2.24) is 16.4 Å². The summed E-state index contributed by atoms with van der Waals surface area (Å²) < 4.78 is 0. The molecular formula is C16H17ClN4O. The Bertz CT molecular complexity index is 677. The lowest BCUT2D eigenvalue weighted by molar-refractivity contribution is -0.118. The Kier molecular flexibility index (Phi) is 4.40. The smallest absolute Gasteiger partial charge is 0.244 e. The maximum Gasteiger partial charge on any atom is 0.244 e. The number of nitrogens with one attached hydrogen (secondary N) is 4. The van der Waals surface area contributed by atoms with Crippen LogP contribution in [-0.4, -0.2) is 11.9 Å². The number of hydrogen-bond acceptors (Lipinski definition) is 4. The minimum Gasteiger partial charge on any atom is -0.325 e. The Hall–Kier alpha value is -1.92. The summed E-state index contributed by atoms with van der Waals surface area (Å²) in [5, 5.41) is 3.52. The number of hydrogen-bond donors (Lipinski definition) is 4. The normalized spacial score (nSPS) is 20.8. The highest BCUT2D eigenvalue weighted by molar-refractivity contribution is 6.31. The Morgan fingerprint density at radius 2 is 1.91 bits per heavy atom. The molecule has 1 amide bonds. The zero-order valence-corrected chi connectivity index (χ0v) is 12.8. The van der Waals surface area contributed by atoms with E-state index in [2.05, 4.69) is 21.7 Å². The molecule has 1 saturated heterocycles. The molecule has 0 bridgehead atoms. The van der Waals surface area contributed by atoms with Gasteiger partial charge in [-0.15, -0.1) is 0 Å². The Labute approximate surface area is 134 Å². The van der Waals surface area contributed by atoms with Gasteiger partial charge in [0, 0.05) is 10.7 Å². The lowest BCUT2D eigenvalue weighted by atomic mass is 10.0. The Balaban J connectivity index is 1.75. The number of amides is 1. The Morgan fingerprint density at radius 3 is 2.64 bits per heavy atom. The van der Waals surface area contributed by atoms with Crippen LogP contribution in [0.15, 0.2) is 48.5 Å². The lowest BCUT2D eigenvalue weighted by Crippen LogP contribution is -2.41. The third kappa shape index (κ3) is 3.13. The standard InChI is InChI=1S/C16H17ClN4O/c1-10-7-8-12(9-13(10)17)18-16(22)15-14(19-21-20-15)11-5-3-2-4-6-11/h2-9,14-15,19-21H,1H3,(H,18,22). The van der Waals surface area contributed by atoms with Crippen molar-refractivity contribution in [1.29, 1.82) is 0 Å². The number of aryl methyl sites for hydroxylation is 1. The van der Waals surface area contributed by atoms with Crippen LogP contribution in [0.1, 0.15) is 17.2 Å². The summed E-state index contributed by atoms with van der Waals surface area (Å²) in [5.74, 6) is -0.133. The summed E-state index contributed by atoms with van der Waals surface area (Å²) >= 11 is 6.09. The van der Waals surface area contributed by atoms with Crippen molar-refractivity contribution in [2.75, 3.05) is 5.32 Å². The first kappa shape index (κ1) is 15.0. The number of carbonyl (C=O) groups is 1. The van der Waals surface area contributed by atoms with E-state index >= 15 is 0 Å². The van der Waals surface area contributed by atoms with E-state index in [0.29, 0.717) is 10.7 Å². The predicted molar refractivity (Wildman–Crippen MR) is 87.2 cm³/mol. The molecule has 4 N–H and O–H groups in total. The van der Waals surface area contributed by atoms with E-state index in [1.807, 2.05) is 49.4 Å². The molecule has 2 atom stereocenters. The van der Waals surface area contributed by atoms with E-state index in [-0.39, 0.29) is 11.9 Å². The van der Waals surface area contributed by atoms with Gasteiger partial charge in [-0.2, -0.15) is 5.53 Å². The second kappa shape index (κ2) is 6.46. The molecule has 0 spiro atoms. The second-order valence-electron chi connectivity index (χ2n) is 5.23. The summed E-state index contributed by atoms with van der Waals surface area (Å²) in [7, 11) is 0. The van der Waals surface area contributed by atoms with Crippen molar-refractivity contribution in [2.24, 2.45) is 0 Å². The van der Waals surface area contributed by atoms with Gasteiger partial charge in [-0.25, -0.2) is 10.9 Å². The monoisotopic (exact) mass is 316 g/mol. The van der Waals surface area contributed by atoms with Crippen molar-refractivity contribution in [3.63, 3.8) is 0 Å². The zero-order valence-electron chi connectivity index (χ0n) is 12.1. The highest BCUT2D eigenvalue weighted by Crippen LogP contribution is 2.22. The van der Waals surface area contributed by atoms with E-state index < -0.39 is 6.04 Å². The number of halogens is 1. The van der Waals surface area contributed by atoms with Gasteiger partial charge in [0.05, 0.1) is 6.04 Å². The van der Waals surface area contributed by atoms with Gasteiger partial charge in [0.15, 0.2) is 0 Å². The van der Waals surface area contributed by atoms with Gasteiger partial charge in [-0.3, -0.25) is 4.79 Å². The van der Waals surface area contributed by atoms with Crippen LogP contribution in [0.25, 0.3) is 0 Å².